The molecule has 5 aromatic rings. The number of carbonyl (C=O) groups excluding carboxylic acids is 8. The third kappa shape index (κ3) is 23.8. The maximum atomic E-state index is 16.7. The average Bonchev–Trinajstić information content (AvgIpc) is 0.731. The number of rotatable bonds is 34. The van der Waals surface area contributed by atoms with Crippen LogP contribution in [0, 0.1) is 5.92 Å². The van der Waals surface area contributed by atoms with Crippen LogP contribution < -0.4 is 67.2 Å². The second-order valence-corrected chi connectivity index (χ2v) is 35.1. The number of benzene rings is 5. The third-order valence-electron chi connectivity index (χ3n) is 23.3. The number of amides is 7. The quantitative estimate of drug-likeness (QED) is 0.0133. The van der Waals surface area contributed by atoms with Gasteiger partial charge in [0.15, 0.2) is 29.9 Å². The first-order valence-electron chi connectivity index (χ1n) is 44.4. The van der Waals surface area contributed by atoms with Crippen LogP contribution in [0.1, 0.15) is 174 Å². The molecular weight excluding hydrogens is 1730 g/mol. The van der Waals surface area contributed by atoms with Gasteiger partial charge in [0.2, 0.25) is 53.4 Å². The fourth-order valence-electron chi connectivity index (χ4n) is 16.1. The molecule has 0 aliphatic carbocycles. The highest BCUT2D eigenvalue weighted by atomic mass is 35.5. The normalized spacial score (nSPS) is 27.2. The number of halogens is 2. The fraction of sp³-hybridized carbons (Fsp3) is 0.563. The van der Waals surface area contributed by atoms with E-state index in [0.717, 1.165) is 109 Å². The molecule has 128 heavy (non-hydrogen) atoms. The number of aromatic hydroxyl groups is 2. The Morgan fingerprint density at radius 1 is 0.789 bits per heavy atom. The zero-order valence-electron chi connectivity index (χ0n) is 78.3. The largest absolute Gasteiger partial charge is 0.507 e. The van der Waals surface area contributed by atoms with Crippen molar-refractivity contribution in [1.29, 1.82) is 0 Å². The first kappa shape index (κ1) is 93.5. The number of phenolic OH excluding ortho intramolecular Hbond substituents is 2. The predicted molar refractivity (Wildman–Crippen MR) is 465 cm³/mol. The summed E-state index contributed by atoms with van der Waals surface area (Å²) in [5, 5.41) is 92.7. The van der Waals surface area contributed by atoms with Gasteiger partial charge in [-0.3, -0.25) is 43.0 Å². The van der Waals surface area contributed by atoms with Crippen LogP contribution in [0.3, 0.4) is 0 Å². The molecular formula is C87H120Cl2N11O27P. The van der Waals surface area contributed by atoms with Gasteiger partial charge >= 0.3 is 13.6 Å². The van der Waals surface area contributed by atoms with Crippen LogP contribution in [0.2, 0.25) is 11.5 Å². The molecule has 0 aromatic heterocycles. The third-order valence-corrected chi connectivity index (χ3v) is 24.8. The topological polar surface area (TPSA) is 526 Å². The number of nitrogens with two attached hydrogens (primary N) is 1. The number of likely N-dealkylation sites (N-methyl/N-ethyl adjacent to an activating group) is 3. The van der Waals surface area contributed by atoms with Crippen LogP contribution in [0.15, 0.2) is 72.8 Å². The molecule has 17 N–H and O–H groups in total. The van der Waals surface area contributed by atoms with E-state index in [1.165, 1.54) is 62.6 Å². The summed E-state index contributed by atoms with van der Waals surface area (Å²) >= 11 is 14.7. The van der Waals surface area contributed by atoms with Gasteiger partial charge in [-0.05, 0) is 130 Å². The minimum atomic E-state index is -5.50. The lowest BCUT2D eigenvalue weighted by atomic mass is 9.83. The van der Waals surface area contributed by atoms with Crippen molar-refractivity contribution in [2.45, 2.75) is 221 Å². The van der Waals surface area contributed by atoms with Crippen molar-refractivity contribution in [3.05, 3.63) is 116 Å². The maximum Gasteiger partial charge on any atom is 0.341 e. The SMILES string of the molecule is [2H]N(CCCCCCCCCC)CCN(C)[C@@]1(C)CC(O[C@H]2[C@H](Oc3c4cc5cc3Oc3ccc(cc3Cl)[C@@H](OC)[C@@H]3NC(=O)[C@H](NC(=O)C5NC(=O)[C@H](CC(N)=O)NC(=O)[C@H](NC(=O)[C@@H](CC(C)C)NC)[C@H](O)c5ccc(c(Cl)c5)O4)c4ccc(O)c(c4)-c4c(cc(OC)c(C([2H])([2H])NC([2H])([2H])P(=O)(O)OC)c4O)[C@@H](C(=O)OC)N(C)C3=O)O[C@H](COC)[C@@H](O)[C@@H]2O)O[C@@H](C)[C@H]1O. The minimum absolute atomic E-state index is 0.0742. The summed E-state index contributed by atoms with van der Waals surface area (Å²) < 4.78 is 125. The lowest BCUT2D eigenvalue weighted by molar-refractivity contribution is -0.338. The van der Waals surface area contributed by atoms with Crippen LogP contribution in [0.25, 0.3) is 11.1 Å². The van der Waals surface area contributed by atoms with Crippen molar-refractivity contribution < 1.29 is 137 Å². The summed E-state index contributed by atoms with van der Waals surface area (Å²) in [7, 11) is 3.65. The number of methoxy groups -OCH3 is 4. The van der Waals surface area contributed by atoms with Crippen LogP contribution in [0.4, 0.5) is 0 Å². The second-order valence-electron chi connectivity index (χ2n) is 32.6. The molecule has 704 valence electrons. The molecule has 0 radical (unpaired) electrons. The Hall–Kier alpha value is -9.13. The summed E-state index contributed by atoms with van der Waals surface area (Å²) in [4.78, 5) is 136. The molecule has 3 unspecified atom stereocenters. The number of aliphatic hydroxyl groups excluding tert-OH is 4. The Morgan fingerprint density at radius 2 is 1.41 bits per heavy atom. The zero-order chi connectivity index (χ0) is 98.0. The average molecular weight is 1860 g/mol. The maximum absolute atomic E-state index is 16.7. The number of unbranched alkanes of at least 4 members (excludes halogenated alkanes) is 7. The van der Waals surface area contributed by atoms with Gasteiger partial charge in [-0.1, -0.05) is 107 Å². The molecule has 7 aliphatic rings. The summed E-state index contributed by atoms with van der Waals surface area (Å²) in [6.07, 6.45) is -12.9. The highest BCUT2D eigenvalue weighted by Gasteiger charge is 2.54. The van der Waals surface area contributed by atoms with E-state index in [1.54, 1.807) is 26.2 Å². The summed E-state index contributed by atoms with van der Waals surface area (Å²) in [5.74, 6) is -16.2. The number of hydrogen-bond acceptors (Lipinski definition) is 30. The fourth-order valence-corrected chi connectivity index (χ4v) is 16.9. The standard InChI is InChI=1S/C87H120Cl2N11O27P/c1-14-15-16-17-18-19-20-21-28-92-29-30-99(7)87(5)39-64(122-44(4)78(87)107)126-77-74(106)73(105)62(41-117-9)125-86(77)127-76-60-35-48-36-61(76)124-58-27-24-47(34-53(58)89)75(119-11)69-84(113)100(8)70(85(114)120-12)50-37-59(118-10)51(40-93-42-128(115,116)121-13)72(104)65(50)49-32-45(22-25-56(49)101)66(81(110)98-69)96-82(111)67(48)95-80(109)55(38-63(90)102)94-83(112)68(97-79(108)54(91-6)31-43(2)3)71(103)46-23-26-57(123-60)52(88)33-46/h22-27,32-37,43-44,54-55,62,64,66-71,73-75,77-78,86,91-93,101,103-107H,14-21,28-31,38-42H2,1-13H3,(H2,90,102)(H,94,112)(H,95,109)(H,96,111)(H,97,108)(H,98,110)(H,115,116)/t44-,54+,55-,62+,64?,66+,67?,68+,69-,70-,71+,73+,74-,75+,77+,78+,86-,87-/m0/s1/i40D2,42D2/hD. The summed E-state index contributed by atoms with van der Waals surface area (Å²) in [6.45, 7) is 6.20. The number of ether oxygens (including phenoxy) is 10. The van der Waals surface area contributed by atoms with Crippen molar-refractivity contribution in [2.24, 2.45) is 11.7 Å². The summed E-state index contributed by atoms with van der Waals surface area (Å²) in [6, 6.07) is -1.24. The molecule has 19 atom stereocenters. The Bertz CT molecular complexity index is 5080. The van der Waals surface area contributed by atoms with Crippen molar-refractivity contribution in [3.63, 3.8) is 0 Å². The first-order valence-corrected chi connectivity index (χ1v) is 44.3. The number of hydrogen-bond donors (Lipinski definition) is 16. The number of carbonyl (C=O) groups is 8. The van der Waals surface area contributed by atoms with Gasteiger partial charge in [0.05, 0.1) is 75.6 Å². The van der Waals surface area contributed by atoms with E-state index >= 15 is 24.0 Å². The van der Waals surface area contributed by atoms with Gasteiger partial charge < -0.3 is 141 Å². The number of nitrogens with one attached hydrogen (secondary N) is 8. The van der Waals surface area contributed by atoms with E-state index in [9.17, 15) is 57.2 Å². The minimum Gasteiger partial charge on any atom is -0.507 e. The van der Waals surface area contributed by atoms with Gasteiger partial charge in [0.25, 0.3) is 0 Å². The number of phenols is 2. The van der Waals surface area contributed by atoms with E-state index in [0.29, 0.717) is 18.6 Å². The van der Waals surface area contributed by atoms with Gasteiger partial charge in [-0.15, -0.1) is 0 Å². The molecule has 0 saturated carbocycles. The monoisotopic (exact) mass is 1860 g/mol. The molecule has 7 aliphatic heterocycles. The van der Waals surface area contributed by atoms with Crippen molar-refractivity contribution >= 4 is 78.1 Å². The lowest BCUT2D eigenvalue weighted by Gasteiger charge is -2.51. The van der Waals surface area contributed by atoms with Crippen LogP contribution >= 0.6 is 30.8 Å². The number of nitrogens with zero attached hydrogens (tertiary/aromatic N) is 2. The molecule has 41 heteroatoms. The highest BCUT2D eigenvalue weighted by molar-refractivity contribution is 7.52. The Balaban J connectivity index is 1.23. The van der Waals surface area contributed by atoms with Gasteiger partial charge in [0.1, 0.15) is 90.9 Å². The molecule has 38 nitrogen and oxygen atoms in total. The smallest absolute Gasteiger partial charge is 0.341 e. The van der Waals surface area contributed by atoms with Crippen LogP contribution in [-0.4, -0.2) is 261 Å². The van der Waals surface area contributed by atoms with E-state index in [-0.39, 0.29) is 64.5 Å². The van der Waals surface area contributed by atoms with E-state index in [4.69, 9.17) is 80.5 Å². The van der Waals surface area contributed by atoms with E-state index in [2.05, 4.69) is 43.3 Å². The molecule has 2 fully saturated rings. The Morgan fingerprint density at radius 3 is 2.02 bits per heavy atom. The Labute approximate surface area is 759 Å². The first-order chi connectivity index (χ1) is 62.7. The van der Waals surface area contributed by atoms with Crippen molar-refractivity contribution in [1.82, 2.24) is 52.3 Å². The predicted octanol–water partition coefficient (Wildman–Crippen LogP) is 5.73. The lowest BCUT2D eigenvalue weighted by Crippen LogP contribution is -2.66. The Kier molecular flexibility index (Phi) is 33.0. The van der Waals surface area contributed by atoms with E-state index in [1.807, 2.05) is 18.7 Å². The zero-order valence-corrected chi connectivity index (χ0v) is 75.8. The molecule has 11 bridgehead atoms. The number of fused-ring (bicyclic) bond motifs is 15. The van der Waals surface area contributed by atoms with Crippen molar-refractivity contribution in [2.75, 3.05) is 89.2 Å². The van der Waals surface area contributed by atoms with Gasteiger partial charge in [0, 0.05) is 73.8 Å². The van der Waals surface area contributed by atoms with E-state index < -0.39 is 258 Å². The van der Waals surface area contributed by atoms with Gasteiger partial charge in [-0.2, -0.15) is 0 Å². The van der Waals surface area contributed by atoms with Crippen molar-refractivity contribution in [3.8, 4) is 57.1 Å². The summed E-state index contributed by atoms with van der Waals surface area (Å²) in [5.41, 5.74) is 0.243. The number of primary amides is 1. The van der Waals surface area contributed by atoms with Gasteiger partial charge in [-0.25, -0.2) is 4.79 Å². The highest BCUT2D eigenvalue weighted by Crippen LogP contribution is 2.52. The number of esters is 1. The molecule has 7 amide bonds. The molecule has 12 rings (SSSR count). The second kappa shape index (κ2) is 45.1. The molecule has 5 aromatic carbocycles. The van der Waals surface area contributed by atoms with Crippen LogP contribution in [-0.2, 0) is 82.4 Å². The number of aliphatic hydroxyl groups is 4. The molecule has 0 spiro atoms. The molecule has 2 saturated heterocycles. The molecule has 7 heterocycles. The van der Waals surface area contributed by atoms with Crippen LogP contribution in [0.5, 0.6) is 46.0 Å².